The van der Waals surface area contributed by atoms with Gasteiger partial charge < -0.3 is 10.3 Å². The van der Waals surface area contributed by atoms with E-state index in [4.69, 9.17) is 0 Å². The maximum absolute atomic E-state index is 14.2. The molecule has 2 aromatic carbocycles. The van der Waals surface area contributed by atoms with Gasteiger partial charge in [0.2, 0.25) is 5.91 Å². The molecule has 0 aliphatic carbocycles. The summed E-state index contributed by atoms with van der Waals surface area (Å²) in [4.78, 5) is 19.2. The number of aromatic amines is 1. The second-order valence-electron chi connectivity index (χ2n) is 6.67. The Hall–Kier alpha value is -3.48. The van der Waals surface area contributed by atoms with Gasteiger partial charge in [-0.1, -0.05) is 18.2 Å². The lowest BCUT2D eigenvalue weighted by Crippen LogP contribution is -2.24. The van der Waals surface area contributed by atoms with E-state index in [1.54, 1.807) is 23.1 Å². The van der Waals surface area contributed by atoms with Crippen molar-refractivity contribution in [2.24, 2.45) is 0 Å². The zero-order valence-corrected chi connectivity index (χ0v) is 15.4. The molecule has 0 spiro atoms. The highest BCUT2D eigenvalue weighted by Gasteiger charge is 2.13. The van der Waals surface area contributed by atoms with Crippen molar-refractivity contribution in [2.45, 2.75) is 26.4 Å². The highest BCUT2D eigenvalue weighted by Crippen LogP contribution is 2.31. The second kappa shape index (κ2) is 7.64. The van der Waals surface area contributed by atoms with E-state index in [-0.39, 0.29) is 11.7 Å². The zero-order chi connectivity index (χ0) is 19.5. The van der Waals surface area contributed by atoms with Gasteiger partial charge >= 0.3 is 0 Å². The Balaban J connectivity index is 1.48. The monoisotopic (exact) mass is 377 g/mol. The third-order valence-electron chi connectivity index (χ3n) is 4.79. The molecule has 7 heteroatoms. The van der Waals surface area contributed by atoms with Gasteiger partial charge in [-0.2, -0.15) is 5.10 Å². The molecule has 2 N–H and O–H groups in total. The fourth-order valence-corrected chi connectivity index (χ4v) is 3.27. The predicted molar refractivity (Wildman–Crippen MR) is 105 cm³/mol. The summed E-state index contributed by atoms with van der Waals surface area (Å²) in [5.41, 5.74) is 4.25. The maximum atomic E-state index is 14.2. The van der Waals surface area contributed by atoms with Crippen LogP contribution < -0.4 is 5.32 Å². The van der Waals surface area contributed by atoms with E-state index in [1.807, 2.05) is 31.2 Å². The van der Waals surface area contributed by atoms with Gasteiger partial charge in [0.15, 0.2) is 0 Å². The molecule has 0 atom stereocenters. The molecule has 0 aliphatic heterocycles. The van der Waals surface area contributed by atoms with E-state index >= 15 is 0 Å². The summed E-state index contributed by atoms with van der Waals surface area (Å²) in [5.74, 6) is -0.301. The highest BCUT2D eigenvalue weighted by atomic mass is 19.1. The average molecular weight is 377 g/mol. The minimum absolute atomic E-state index is 0.0477. The van der Waals surface area contributed by atoms with Gasteiger partial charge in [-0.05, 0) is 42.3 Å². The highest BCUT2D eigenvalue weighted by molar-refractivity contribution is 5.91. The standard InChI is InChI=1S/C21H20FN5O/c1-14-17-10-15(11-24-20(28)8-9-27-13-23-12-25-27)6-7-19(17)26-21(14)16-4-2-3-5-18(16)22/h2-7,10,12-13,26H,8-9,11H2,1H3,(H,24,28). The number of nitrogens with one attached hydrogen (secondary N) is 2. The van der Waals surface area contributed by atoms with Crippen LogP contribution in [0, 0.1) is 12.7 Å². The summed E-state index contributed by atoms with van der Waals surface area (Å²) >= 11 is 0. The van der Waals surface area contributed by atoms with Crippen molar-refractivity contribution in [3.8, 4) is 11.3 Å². The van der Waals surface area contributed by atoms with Crippen LogP contribution >= 0.6 is 0 Å². The third-order valence-corrected chi connectivity index (χ3v) is 4.79. The number of benzene rings is 2. The number of halogens is 1. The summed E-state index contributed by atoms with van der Waals surface area (Å²) in [6.45, 7) is 2.90. The summed E-state index contributed by atoms with van der Waals surface area (Å²) in [6, 6.07) is 12.7. The van der Waals surface area contributed by atoms with Crippen LogP contribution in [0.15, 0.2) is 55.1 Å². The van der Waals surface area contributed by atoms with Crippen molar-refractivity contribution in [1.29, 1.82) is 0 Å². The smallest absolute Gasteiger partial charge is 0.222 e. The Bertz CT molecular complexity index is 1120. The Kier molecular flexibility index (Phi) is 4.89. The van der Waals surface area contributed by atoms with Crippen LogP contribution in [-0.4, -0.2) is 25.7 Å². The van der Waals surface area contributed by atoms with Crippen LogP contribution in [0.25, 0.3) is 22.2 Å². The summed E-state index contributed by atoms with van der Waals surface area (Å²) in [6.07, 6.45) is 3.37. The number of amides is 1. The molecule has 4 rings (SSSR count). The van der Waals surface area contributed by atoms with Gasteiger partial charge in [-0.3, -0.25) is 9.48 Å². The Morgan fingerprint density at radius 1 is 1.25 bits per heavy atom. The van der Waals surface area contributed by atoms with Crippen molar-refractivity contribution in [3.63, 3.8) is 0 Å². The van der Waals surface area contributed by atoms with E-state index in [0.717, 1.165) is 27.7 Å². The summed E-state index contributed by atoms with van der Waals surface area (Å²) < 4.78 is 15.8. The first-order valence-electron chi connectivity index (χ1n) is 9.07. The van der Waals surface area contributed by atoms with Gasteiger partial charge in [0.05, 0.1) is 12.2 Å². The van der Waals surface area contributed by atoms with E-state index < -0.39 is 0 Å². The van der Waals surface area contributed by atoms with E-state index in [2.05, 4.69) is 20.4 Å². The first-order chi connectivity index (χ1) is 13.6. The third kappa shape index (κ3) is 3.64. The van der Waals surface area contributed by atoms with Crippen LogP contribution in [0.4, 0.5) is 4.39 Å². The van der Waals surface area contributed by atoms with Crippen LogP contribution in [0.1, 0.15) is 17.5 Å². The van der Waals surface area contributed by atoms with E-state index in [9.17, 15) is 9.18 Å². The molecule has 6 nitrogen and oxygen atoms in total. The largest absolute Gasteiger partial charge is 0.354 e. The predicted octanol–water partition coefficient (Wildman–Crippen LogP) is 3.58. The second-order valence-corrected chi connectivity index (χ2v) is 6.67. The molecule has 0 saturated carbocycles. The SMILES string of the molecule is Cc1c(-c2ccccc2F)[nH]c2ccc(CNC(=O)CCn3cncn3)cc12. The van der Waals surface area contributed by atoms with Crippen LogP contribution in [0.3, 0.4) is 0 Å². The molecule has 2 aromatic heterocycles. The van der Waals surface area contributed by atoms with E-state index in [1.165, 1.54) is 12.4 Å². The van der Waals surface area contributed by atoms with Crippen molar-refractivity contribution in [3.05, 3.63) is 72.1 Å². The number of carbonyl (C=O) groups is 1. The van der Waals surface area contributed by atoms with Gasteiger partial charge in [-0.15, -0.1) is 0 Å². The number of aryl methyl sites for hydroxylation is 2. The summed E-state index contributed by atoms with van der Waals surface area (Å²) in [5, 5.41) is 7.92. The van der Waals surface area contributed by atoms with Crippen molar-refractivity contribution >= 4 is 16.8 Å². The minimum atomic E-state index is -0.253. The Morgan fingerprint density at radius 3 is 2.89 bits per heavy atom. The molecule has 0 aliphatic rings. The Morgan fingerprint density at radius 2 is 2.11 bits per heavy atom. The van der Waals surface area contributed by atoms with E-state index in [0.29, 0.717) is 25.1 Å². The first kappa shape index (κ1) is 17.9. The molecular weight excluding hydrogens is 357 g/mol. The molecule has 28 heavy (non-hydrogen) atoms. The fourth-order valence-electron chi connectivity index (χ4n) is 3.27. The molecular formula is C21H20FN5O. The van der Waals surface area contributed by atoms with Crippen molar-refractivity contribution in [1.82, 2.24) is 25.1 Å². The van der Waals surface area contributed by atoms with Crippen LogP contribution in [-0.2, 0) is 17.9 Å². The molecule has 0 saturated heterocycles. The lowest BCUT2D eigenvalue weighted by molar-refractivity contribution is -0.121. The molecule has 1 amide bonds. The number of carbonyl (C=O) groups excluding carboxylic acids is 1. The normalized spacial score (nSPS) is 11.1. The quantitative estimate of drug-likeness (QED) is 0.539. The molecule has 0 fully saturated rings. The minimum Gasteiger partial charge on any atom is -0.354 e. The Labute approximate surface area is 161 Å². The number of hydrogen-bond acceptors (Lipinski definition) is 3. The van der Waals surface area contributed by atoms with Gasteiger partial charge in [-0.25, -0.2) is 9.37 Å². The lowest BCUT2D eigenvalue weighted by Gasteiger charge is -2.06. The first-order valence-corrected chi connectivity index (χ1v) is 9.07. The van der Waals surface area contributed by atoms with Gasteiger partial charge in [0, 0.05) is 29.4 Å². The number of fused-ring (bicyclic) bond motifs is 1. The number of H-pyrrole nitrogens is 1. The zero-order valence-electron chi connectivity index (χ0n) is 15.4. The van der Waals surface area contributed by atoms with Crippen LogP contribution in [0.2, 0.25) is 0 Å². The number of aromatic nitrogens is 4. The maximum Gasteiger partial charge on any atom is 0.222 e. The average Bonchev–Trinajstić information content (AvgIpc) is 3.33. The number of hydrogen-bond donors (Lipinski definition) is 2. The molecule has 0 bridgehead atoms. The van der Waals surface area contributed by atoms with Crippen molar-refractivity contribution in [2.75, 3.05) is 0 Å². The molecule has 4 aromatic rings. The van der Waals surface area contributed by atoms with Crippen molar-refractivity contribution < 1.29 is 9.18 Å². The molecule has 2 heterocycles. The molecule has 142 valence electrons. The van der Waals surface area contributed by atoms with Gasteiger partial charge in [0.1, 0.15) is 18.5 Å². The van der Waals surface area contributed by atoms with Gasteiger partial charge in [0.25, 0.3) is 0 Å². The fraction of sp³-hybridized carbons (Fsp3) is 0.190. The lowest BCUT2D eigenvalue weighted by atomic mass is 10.0. The summed E-state index contributed by atoms with van der Waals surface area (Å²) in [7, 11) is 0. The number of nitrogens with zero attached hydrogens (tertiary/aromatic N) is 3. The van der Waals surface area contributed by atoms with Crippen LogP contribution in [0.5, 0.6) is 0 Å². The molecule has 0 radical (unpaired) electrons. The number of rotatable bonds is 6. The topological polar surface area (TPSA) is 75.6 Å². The molecule has 0 unspecified atom stereocenters.